The average molecular weight is 508 g/mol. The molecule has 0 spiro atoms. The van der Waals surface area contributed by atoms with E-state index in [1.165, 1.54) is 0 Å². The van der Waals surface area contributed by atoms with Crippen LogP contribution in [-0.4, -0.2) is 116 Å². The summed E-state index contributed by atoms with van der Waals surface area (Å²) in [6.45, 7) is 4.86. The SMILES string of the molecule is COc1cc(C=CC(=O)N2CCN(CC(=O)N3CCCC3)CC2)cc(OC)c1OC.O=C(O)C(=O)O. The first kappa shape index (κ1) is 28.4. The topological polar surface area (TPSA) is 146 Å². The summed E-state index contributed by atoms with van der Waals surface area (Å²) in [6.07, 6.45) is 5.51. The number of hydrogen-bond donors (Lipinski definition) is 2. The first-order chi connectivity index (χ1) is 17.2. The average Bonchev–Trinajstić information content (AvgIpc) is 3.42. The van der Waals surface area contributed by atoms with Crippen molar-refractivity contribution < 1.29 is 43.6 Å². The van der Waals surface area contributed by atoms with Gasteiger partial charge in [0.05, 0.1) is 27.9 Å². The zero-order chi connectivity index (χ0) is 26.7. The largest absolute Gasteiger partial charge is 0.493 e. The number of ether oxygens (including phenoxy) is 3. The second-order valence-electron chi connectivity index (χ2n) is 8.09. The summed E-state index contributed by atoms with van der Waals surface area (Å²) >= 11 is 0. The standard InChI is InChI=1S/C22H31N3O5.C2H2O4/c1-28-18-14-17(15-19(29-2)22(18)30-3)6-7-20(26)25-12-10-23(11-13-25)16-21(27)24-8-4-5-9-24;3-1(4)2(5)6/h6-7,14-15H,4-5,8-13,16H2,1-3H3;(H,3,4)(H,5,6). The molecule has 2 heterocycles. The predicted octanol–water partition coefficient (Wildman–Crippen LogP) is 0.648. The van der Waals surface area contributed by atoms with Crippen molar-refractivity contribution in [1.29, 1.82) is 0 Å². The van der Waals surface area contributed by atoms with Gasteiger partial charge in [0.2, 0.25) is 17.6 Å². The predicted molar refractivity (Wildman–Crippen MR) is 129 cm³/mol. The maximum atomic E-state index is 12.6. The first-order valence-electron chi connectivity index (χ1n) is 11.4. The molecule has 0 unspecified atom stereocenters. The number of carbonyl (C=O) groups is 4. The minimum absolute atomic E-state index is 0.0470. The van der Waals surface area contributed by atoms with E-state index in [9.17, 15) is 9.59 Å². The Morgan fingerprint density at radius 3 is 1.78 bits per heavy atom. The molecule has 0 aromatic heterocycles. The lowest BCUT2D eigenvalue weighted by molar-refractivity contribution is -0.159. The number of carboxylic acid groups (broad SMARTS) is 2. The van der Waals surface area contributed by atoms with Gasteiger partial charge < -0.3 is 34.2 Å². The Hall–Kier alpha value is -3.80. The molecule has 2 aliphatic heterocycles. The maximum absolute atomic E-state index is 12.6. The highest BCUT2D eigenvalue weighted by Crippen LogP contribution is 2.38. The number of methoxy groups -OCH3 is 3. The summed E-state index contributed by atoms with van der Waals surface area (Å²) < 4.78 is 16.0. The lowest BCUT2D eigenvalue weighted by Gasteiger charge is -2.34. The van der Waals surface area contributed by atoms with Gasteiger partial charge in [-0.2, -0.15) is 0 Å². The fourth-order valence-electron chi connectivity index (χ4n) is 3.85. The molecule has 2 aliphatic rings. The molecule has 0 aliphatic carbocycles. The number of carbonyl (C=O) groups excluding carboxylic acids is 2. The van der Waals surface area contributed by atoms with Crippen molar-refractivity contribution in [2.75, 3.05) is 67.1 Å². The third-order valence-electron chi connectivity index (χ3n) is 5.79. The number of likely N-dealkylation sites (tertiary alicyclic amines) is 1. The lowest BCUT2D eigenvalue weighted by Crippen LogP contribution is -2.51. The molecular formula is C24H33N3O9. The van der Waals surface area contributed by atoms with Crippen molar-refractivity contribution in [1.82, 2.24) is 14.7 Å². The van der Waals surface area contributed by atoms with Crippen LogP contribution < -0.4 is 14.2 Å². The Kier molecular flexibility index (Phi) is 11.0. The highest BCUT2D eigenvalue weighted by atomic mass is 16.5. The van der Waals surface area contributed by atoms with Crippen LogP contribution in [0.5, 0.6) is 17.2 Å². The van der Waals surface area contributed by atoms with Crippen LogP contribution in [0.2, 0.25) is 0 Å². The molecule has 3 rings (SSSR count). The Labute approximate surface area is 209 Å². The Balaban J connectivity index is 0.000000678. The van der Waals surface area contributed by atoms with Crippen molar-refractivity contribution in [3.05, 3.63) is 23.8 Å². The molecule has 198 valence electrons. The number of amides is 2. The van der Waals surface area contributed by atoms with Gasteiger partial charge in [-0.15, -0.1) is 0 Å². The zero-order valence-electron chi connectivity index (χ0n) is 20.8. The highest BCUT2D eigenvalue weighted by molar-refractivity contribution is 6.27. The number of carboxylic acids is 2. The summed E-state index contributed by atoms with van der Waals surface area (Å²) in [5.41, 5.74) is 0.785. The van der Waals surface area contributed by atoms with Crippen LogP contribution >= 0.6 is 0 Å². The molecule has 2 saturated heterocycles. The van der Waals surface area contributed by atoms with Gasteiger partial charge in [-0.05, 0) is 36.6 Å². The van der Waals surface area contributed by atoms with Gasteiger partial charge in [0, 0.05) is 45.3 Å². The molecule has 0 bridgehead atoms. The highest BCUT2D eigenvalue weighted by Gasteiger charge is 2.24. The van der Waals surface area contributed by atoms with Gasteiger partial charge in [0.1, 0.15) is 0 Å². The summed E-state index contributed by atoms with van der Waals surface area (Å²) in [5, 5.41) is 14.8. The fourth-order valence-corrected chi connectivity index (χ4v) is 3.85. The number of aliphatic carboxylic acids is 2. The fraction of sp³-hybridized carbons (Fsp3) is 0.500. The number of benzene rings is 1. The molecule has 12 nitrogen and oxygen atoms in total. The third kappa shape index (κ3) is 8.15. The maximum Gasteiger partial charge on any atom is 0.414 e. The van der Waals surface area contributed by atoms with Gasteiger partial charge >= 0.3 is 11.9 Å². The van der Waals surface area contributed by atoms with E-state index in [0.717, 1.165) is 31.5 Å². The third-order valence-corrected chi connectivity index (χ3v) is 5.79. The van der Waals surface area contributed by atoms with E-state index in [0.29, 0.717) is 50.0 Å². The van der Waals surface area contributed by atoms with Crippen LogP contribution in [0.25, 0.3) is 6.08 Å². The van der Waals surface area contributed by atoms with Crippen LogP contribution in [0.4, 0.5) is 0 Å². The molecule has 0 saturated carbocycles. The van der Waals surface area contributed by atoms with E-state index in [4.69, 9.17) is 34.0 Å². The monoisotopic (exact) mass is 507 g/mol. The van der Waals surface area contributed by atoms with Crippen molar-refractivity contribution in [2.24, 2.45) is 0 Å². The molecule has 12 heteroatoms. The normalized spacial score (nSPS) is 15.8. The van der Waals surface area contributed by atoms with Crippen molar-refractivity contribution in [3.63, 3.8) is 0 Å². The summed E-state index contributed by atoms with van der Waals surface area (Å²) in [4.78, 5) is 49.0. The quantitative estimate of drug-likeness (QED) is 0.398. The molecule has 1 aromatic rings. The Morgan fingerprint density at radius 2 is 1.33 bits per heavy atom. The zero-order valence-corrected chi connectivity index (χ0v) is 20.8. The van der Waals surface area contributed by atoms with Crippen molar-refractivity contribution in [3.8, 4) is 17.2 Å². The number of piperazine rings is 1. The summed E-state index contributed by atoms with van der Waals surface area (Å²) in [5.74, 6) is -1.89. The van der Waals surface area contributed by atoms with Crippen LogP contribution in [0.15, 0.2) is 18.2 Å². The van der Waals surface area contributed by atoms with E-state index in [1.54, 1.807) is 45.6 Å². The lowest BCUT2D eigenvalue weighted by atomic mass is 10.1. The number of nitrogens with zero attached hydrogens (tertiary/aromatic N) is 3. The molecule has 2 fully saturated rings. The van der Waals surface area contributed by atoms with Gasteiger partial charge in [0.25, 0.3) is 0 Å². The van der Waals surface area contributed by atoms with E-state index in [-0.39, 0.29) is 11.8 Å². The van der Waals surface area contributed by atoms with Gasteiger partial charge in [-0.1, -0.05) is 0 Å². The molecule has 2 amide bonds. The molecule has 1 aromatic carbocycles. The van der Waals surface area contributed by atoms with Crippen molar-refractivity contribution in [2.45, 2.75) is 12.8 Å². The molecule has 36 heavy (non-hydrogen) atoms. The van der Waals surface area contributed by atoms with Crippen LogP contribution in [0.3, 0.4) is 0 Å². The Morgan fingerprint density at radius 1 is 0.806 bits per heavy atom. The second-order valence-corrected chi connectivity index (χ2v) is 8.09. The number of hydrogen-bond acceptors (Lipinski definition) is 8. The number of rotatable bonds is 7. The van der Waals surface area contributed by atoms with E-state index in [2.05, 4.69) is 4.90 Å². The molecular weight excluding hydrogens is 474 g/mol. The minimum Gasteiger partial charge on any atom is -0.493 e. The smallest absolute Gasteiger partial charge is 0.414 e. The summed E-state index contributed by atoms with van der Waals surface area (Å²) in [7, 11) is 4.67. The van der Waals surface area contributed by atoms with E-state index in [1.807, 2.05) is 9.80 Å². The van der Waals surface area contributed by atoms with Crippen LogP contribution in [-0.2, 0) is 19.2 Å². The van der Waals surface area contributed by atoms with Crippen LogP contribution in [0, 0.1) is 0 Å². The van der Waals surface area contributed by atoms with E-state index < -0.39 is 11.9 Å². The Bertz CT molecular complexity index is 929. The van der Waals surface area contributed by atoms with Gasteiger partial charge in [-0.25, -0.2) is 9.59 Å². The second kappa shape index (κ2) is 13.9. The van der Waals surface area contributed by atoms with Crippen LogP contribution in [0.1, 0.15) is 18.4 Å². The molecule has 0 radical (unpaired) electrons. The van der Waals surface area contributed by atoms with Gasteiger partial charge in [-0.3, -0.25) is 14.5 Å². The first-order valence-corrected chi connectivity index (χ1v) is 11.4. The summed E-state index contributed by atoms with van der Waals surface area (Å²) in [6, 6.07) is 3.60. The van der Waals surface area contributed by atoms with Crippen molar-refractivity contribution >= 4 is 29.8 Å². The van der Waals surface area contributed by atoms with Gasteiger partial charge in [0.15, 0.2) is 11.5 Å². The molecule has 2 N–H and O–H groups in total. The van der Waals surface area contributed by atoms with E-state index >= 15 is 0 Å². The minimum atomic E-state index is -1.82. The molecule has 0 atom stereocenters.